The standard InChI is InChI=1S/C24H32N2O4S/c1-14-12-24(2,3)13-18-19(14)20(23(28)29)22(31-18)26-21(27)15-4-6-16(7-5-15)25-17-8-10-30-11-9-17/h4-7,14,17,21,25-27H,8-13H2,1-3H3,(H,28,29). The lowest BCUT2D eigenvalue weighted by Crippen LogP contribution is -2.27. The Morgan fingerprint density at radius 3 is 2.55 bits per heavy atom. The van der Waals surface area contributed by atoms with Crippen LogP contribution in [0.15, 0.2) is 24.3 Å². The Labute approximate surface area is 187 Å². The molecule has 4 rings (SSSR count). The molecule has 0 amide bonds. The lowest BCUT2D eigenvalue weighted by Gasteiger charge is -2.33. The summed E-state index contributed by atoms with van der Waals surface area (Å²) in [6.45, 7) is 8.12. The topological polar surface area (TPSA) is 90.8 Å². The molecule has 1 aromatic heterocycles. The van der Waals surface area contributed by atoms with Crippen molar-refractivity contribution in [2.45, 2.75) is 64.6 Å². The van der Waals surface area contributed by atoms with Crippen molar-refractivity contribution in [1.29, 1.82) is 0 Å². The number of ether oxygens (including phenoxy) is 1. The predicted octanol–water partition coefficient (Wildman–Crippen LogP) is 5.22. The van der Waals surface area contributed by atoms with Crippen molar-refractivity contribution >= 4 is 28.0 Å². The normalized spacial score (nSPS) is 21.9. The van der Waals surface area contributed by atoms with Crippen LogP contribution in [0, 0.1) is 5.41 Å². The molecule has 2 unspecified atom stereocenters. The number of carbonyl (C=O) groups is 1. The first-order chi connectivity index (χ1) is 14.7. The zero-order valence-electron chi connectivity index (χ0n) is 18.4. The van der Waals surface area contributed by atoms with Gasteiger partial charge in [-0.1, -0.05) is 32.9 Å². The largest absolute Gasteiger partial charge is 0.478 e. The summed E-state index contributed by atoms with van der Waals surface area (Å²) in [6.07, 6.45) is 2.83. The van der Waals surface area contributed by atoms with Crippen molar-refractivity contribution in [3.8, 4) is 0 Å². The summed E-state index contributed by atoms with van der Waals surface area (Å²) in [5.74, 6) is -0.751. The fraction of sp³-hybridized carbons (Fsp3) is 0.542. The summed E-state index contributed by atoms with van der Waals surface area (Å²) < 4.78 is 5.40. The van der Waals surface area contributed by atoms with Gasteiger partial charge in [0.1, 0.15) is 5.00 Å². The van der Waals surface area contributed by atoms with Gasteiger partial charge < -0.3 is 25.6 Å². The highest BCUT2D eigenvalue weighted by Gasteiger charge is 2.36. The SMILES string of the molecule is CC1CC(C)(C)Cc2sc(NC(O)c3ccc(NC4CCOCC4)cc3)c(C(=O)O)c21. The number of rotatable bonds is 6. The molecule has 2 aliphatic rings. The van der Waals surface area contributed by atoms with Crippen LogP contribution in [0.4, 0.5) is 10.7 Å². The zero-order valence-corrected chi connectivity index (χ0v) is 19.2. The molecule has 1 aliphatic heterocycles. The van der Waals surface area contributed by atoms with E-state index >= 15 is 0 Å². The van der Waals surface area contributed by atoms with E-state index in [-0.39, 0.29) is 11.3 Å². The summed E-state index contributed by atoms with van der Waals surface area (Å²) >= 11 is 1.47. The van der Waals surface area contributed by atoms with E-state index in [2.05, 4.69) is 31.4 Å². The third-order valence-corrected chi connectivity index (χ3v) is 7.45. The van der Waals surface area contributed by atoms with Crippen LogP contribution in [-0.4, -0.2) is 35.4 Å². The molecule has 1 aromatic carbocycles. The number of carboxylic acids is 1. The van der Waals surface area contributed by atoms with Crippen molar-refractivity contribution in [3.63, 3.8) is 0 Å². The van der Waals surface area contributed by atoms with Crippen LogP contribution in [0.5, 0.6) is 0 Å². The average Bonchev–Trinajstić information content (AvgIpc) is 3.06. The third-order valence-electron chi connectivity index (χ3n) is 6.31. The lowest BCUT2D eigenvalue weighted by molar-refractivity contribution is 0.0695. The molecule has 4 N–H and O–H groups in total. The maximum atomic E-state index is 12.1. The Morgan fingerprint density at radius 2 is 1.90 bits per heavy atom. The number of anilines is 2. The van der Waals surface area contributed by atoms with Gasteiger partial charge in [-0.05, 0) is 54.7 Å². The molecule has 0 saturated carbocycles. The van der Waals surface area contributed by atoms with Crippen molar-refractivity contribution in [2.24, 2.45) is 5.41 Å². The Bertz CT molecular complexity index is 932. The minimum Gasteiger partial charge on any atom is -0.478 e. The molecule has 168 valence electrons. The van der Waals surface area contributed by atoms with Crippen LogP contribution < -0.4 is 10.6 Å². The van der Waals surface area contributed by atoms with E-state index in [1.807, 2.05) is 24.3 Å². The van der Waals surface area contributed by atoms with Crippen LogP contribution in [0.1, 0.15) is 78.5 Å². The number of aromatic carboxylic acids is 1. The quantitative estimate of drug-likeness (QED) is 0.457. The molecular weight excluding hydrogens is 412 g/mol. The number of aliphatic hydroxyl groups is 1. The highest BCUT2D eigenvalue weighted by molar-refractivity contribution is 7.16. The number of carboxylic acid groups (broad SMARTS) is 1. The van der Waals surface area contributed by atoms with Crippen molar-refractivity contribution in [3.05, 3.63) is 45.8 Å². The van der Waals surface area contributed by atoms with Gasteiger partial charge in [0.2, 0.25) is 0 Å². The second-order valence-electron chi connectivity index (χ2n) is 9.59. The van der Waals surface area contributed by atoms with Crippen LogP contribution in [0.25, 0.3) is 0 Å². The number of benzene rings is 1. The Morgan fingerprint density at radius 1 is 1.23 bits per heavy atom. The van der Waals surface area contributed by atoms with Gasteiger partial charge in [-0.2, -0.15) is 0 Å². The van der Waals surface area contributed by atoms with Crippen molar-refractivity contribution < 1.29 is 19.7 Å². The number of hydrogen-bond acceptors (Lipinski definition) is 6. The van der Waals surface area contributed by atoms with E-state index in [0.717, 1.165) is 55.0 Å². The fourth-order valence-corrected chi connectivity index (χ4v) is 6.53. The molecule has 1 saturated heterocycles. The number of nitrogens with one attached hydrogen (secondary N) is 2. The highest BCUT2D eigenvalue weighted by atomic mass is 32.1. The molecule has 0 radical (unpaired) electrons. The van der Waals surface area contributed by atoms with Gasteiger partial charge in [-0.15, -0.1) is 11.3 Å². The first-order valence-electron chi connectivity index (χ1n) is 11.0. The van der Waals surface area contributed by atoms with Gasteiger partial charge in [0.05, 0.1) is 5.56 Å². The van der Waals surface area contributed by atoms with Crippen LogP contribution in [-0.2, 0) is 11.2 Å². The van der Waals surface area contributed by atoms with Gasteiger partial charge >= 0.3 is 5.97 Å². The molecule has 2 atom stereocenters. The highest BCUT2D eigenvalue weighted by Crippen LogP contribution is 2.49. The Balaban J connectivity index is 1.50. The Kier molecular flexibility index (Phi) is 6.28. The number of hydrogen-bond donors (Lipinski definition) is 4. The average molecular weight is 445 g/mol. The second kappa shape index (κ2) is 8.81. The van der Waals surface area contributed by atoms with Gasteiger partial charge in [0, 0.05) is 35.4 Å². The molecule has 7 heteroatoms. The minimum absolute atomic E-state index is 0.149. The molecule has 6 nitrogen and oxygen atoms in total. The van der Waals surface area contributed by atoms with E-state index in [4.69, 9.17) is 4.74 Å². The molecule has 0 bridgehead atoms. The van der Waals surface area contributed by atoms with Gasteiger partial charge in [0.15, 0.2) is 6.23 Å². The lowest BCUT2D eigenvalue weighted by atomic mass is 9.72. The third kappa shape index (κ3) is 4.89. The smallest absolute Gasteiger partial charge is 0.339 e. The van der Waals surface area contributed by atoms with Crippen LogP contribution in [0.2, 0.25) is 0 Å². The van der Waals surface area contributed by atoms with E-state index in [1.54, 1.807) is 0 Å². The maximum absolute atomic E-state index is 12.1. The van der Waals surface area contributed by atoms with Gasteiger partial charge in [-0.25, -0.2) is 4.79 Å². The number of thiophene rings is 1. The van der Waals surface area contributed by atoms with E-state index < -0.39 is 12.2 Å². The maximum Gasteiger partial charge on any atom is 0.339 e. The monoisotopic (exact) mass is 444 g/mol. The minimum atomic E-state index is -0.973. The number of fused-ring (bicyclic) bond motifs is 1. The summed E-state index contributed by atoms with van der Waals surface area (Å²) in [5, 5.41) is 27.8. The first kappa shape index (κ1) is 22.1. The van der Waals surface area contributed by atoms with E-state index in [1.165, 1.54) is 11.3 Å². The van der Waals surface area contributed by atoms with E-state index in [9.17, 15) is 15.0 Å². The van der Waals surface area contributed by atoms with Gasteiger partial charge in [-0.3, -0.25) is 0 Å². The fourth-order valence-electron chi connectivity index (χ4n) is 4.94. The van der Waals surface area contributed by atoms with Crippen molar-refractivity contribution in [1.82, 2.24) is 0 Å². The summed E-state index contributed by atoms with van der Waals surface area (Å²) in [4.78, 5) is 13.2. The van der Waals surface area contributed by atoms with Crippen LogP contribution in [0.3, 0.4) is 0 Å². The summed E-state index contributed by atoms with van der Waals surface area (Å²) in [7, 11) is 0. The zero-order chi connectivity index (χ0) is 22.2. The molecule has 2 aromatic rings. The van der Waals surface area contributed by atoms with E-state index in [0.29, 0.717) is 22.2 Å². The summed E-state index contributed by atoms with van der Waals surface area (Å²) in [5.41, 5.74) is 3.11. The molecule has 0 spiro atoms. The first-order valence-corrected chi connectivity index (χ1v) is 11.8. The van der Waals surface area contributed by atoms with Gasteiger partial charge in [0.25, 0.3) is 0 Å². The van der Waals surface area contributed by atoms with Crippen LogP contribution >= 0.6 is 11.3 Å². The molecule has 31 heavy (non-hydrogen) atoms. The second-order valence-corrected chi connectivity index (χ2v) is 10.7. The molecular formula is C24H32N2O4S. The van der Waals surface area contributed by atoms with Crippen molar-refractivity contribution in [2.75, 3.05) is 23.8 Å². The predicted molar refractivity (Wildman–Crippen MR) is 124 cm³/mol. The molecule has 1 fully saturated rings. The number of aliphatic hydroxyl groups excluding tert-OH is 1. The Hall–Kier alpha value is -2.09. The molecule has 2 heterocycles. The summed E-state index contributed by atoms with van der Waals surface area (Å²) in [6, 6.07) is 8.07. The molecule has 1 aliphatic carbocycles.